The topological polar surface area (TPSA) is 171 Å². The summed E-state index contributed by atoms with van der Waals surface area (Å²) in [5.74, 6) is 0.304. The van der Waals surface area contributed by atoms with E-state index < -0.39 is 15.8 Å². The number of fused-ring (bicyclic) bond motifs is 1. The van der Waals surface area contributed by atoms with Gasteiger partial charge in [-0.15, -0.1) is 0 Å². The molecular formula is C33H35N5O7S. The van der Waals surface area contributed by atoms with Crippen molar-refractivity contribution in [3.05, 3.63) is 88.5 Å². The van der Waals surface area contributed by atoms with Crippen molar-refractivity contribution in [3.63, 3.8) is 0 Å². The van der Waals surface area contributed by atoms with Gasteiger partial charge in [0.1, 0.15) is 11.5 Å². The second-order valence-corrected chi connectivity index (χ2v) is 13.5. The predicted molar refractivity (Wildman–Crippen MR) is 172 cm³/mol. The summed E-state index contributed by atoms with van der Waals surface area (Å²) in [6, 6.07) is 15.9. The highest BCUT2D eigenvalue weighted by atomic mass is 32.2. The summed E-state index contributed by atoms with van der Waals surface area (Å²) in [7, 11) is -4.31. The smallest absolute Gasteiger partial charge is 0.348 e. The number of piperidine rings is 1. The SMILES string of the molecule is CC(C)c1cc(-c2n[nH]c(=O)n2-c2ccc3c(ccn3CCC3CCN(C(=O)c4ccc(S(=O)(=O)O)cc4)CC3)c2)c(O)cc1O. The van der Waals surface area contributed by atoms with Crippen molar-refractivity contribution in [2.24, 2.45) is 5.92 Å². The third kappa shape index (κ3) is 6.03. The number of carbonyl (C=O) groups excluding carboxylic acids is 1. The summed E-state index contributed by atoms with van der Waals surface area (Å²) < 4.78 is 35.3. The largest absolute Gasteiger partial charge is 0.508 e. The number of hydrogen-bond acceptors (Lipinski definition) is 7. The van der Waals surface area contributed by atoms with E-state index in [1.807, 2.05) is 44.3 Å². The molecule has 3 aromatic carbocycles. The third-order valence-corrected chi connectivity index (χ3v) is 9.64. The number of aromatic amines is 1. The van der Waals surface area contributed by atoms with E-state index in [4.69, 9.17) is 4.55 Å². The quantitative estimate of drug-likeness (QED) is 0.173. The molecule has 3 heterocycles. The van der Waals surface area contributed by atoms with Crippen LogP contribution in [0.3, 0.4) is 0 Å². The first-order valence-electron chi connectivity index (χ1n) is 15.1. The summed E-state index contributed by atoms with van der Waals surface area (Å²) in [6.07, 6.45) is 4.66. The molecule has 2 aromatic heterocycles. The van der Waals surface area contributed by atoms with Gasteiger partial charge in [-0.3, -0.25) is 9.35 Å². The number of likely N-dealkylation sites (tertiary alicyclic amines) is 1. The van der Waals surface area contributed by atoms with Crippen LogP contribution in [0, 0.1) is 5.92 Å². The van der Waals surface area contributed by atoms with Crippen LogP contribution < -0.4 is 5.69 Å². The molecule has 0 saturated carbocycles. The van der Waals surface area contributed by atoms with E-state index in [2.05, 4.69) is 14.8 Å². The van der Waals surface area contributed by atoms with E-state index >= 15 is 0 Å². The molecular weight excluding hydrogens is 610 g/mol. The lowest BCUT2D eigenvalue weighted by molar-refractivity contribution is 0.0685. The van der Waals surface area contributed by atoms with E-state index in [1.165, 1.54) is 34.9 Å². The molecule has 1 aliphatic rings. The number of carbonyl (C=O) groups is 1. The van der Waals surface area contributed by atoms with Crippen molar-refractivity contribution in [3.8, 4) is 28.6 Å². The summed E-state index contributed by atoms with van der Waals surface area (Å²) in [5.41, 5.74) is 2.49. The highest BCUT2D eigenvalue weighted by Crippen LogP contribution is 2.37. The van der Waals surface area contributed by atoms with Gasteiger partial charge in [0.05, 0.1) is 16.1 Å². The Labute approximate surface area is 265 Å². The average molecular weight is 646 g/mol. The van der Waals surface area contributed by atoms with Crippen molar-refractivity contribution < 1.29 is 28.0 Å². The Hall–Kier alpha value is -4.88. The maximum absolute atomic E-state index is 12.9. The summed E-state index contributed by atoms with van der Waals surface area (Å²) >= 11 is 0. The van der Waals surface area contributed by atoms with Gasteiger partial charge in [-0.1, -0.05) is 13.8 Å². The van der Waals surface area contributed by atoms with E-state index in [-0.39, 0.29) is 34.0 Å². The molecule has 0 spiro atoms. The number of rotatable bonds is 8. The van der Waals surface area contributed by atoms with Gasteiger partial charge in [-0.2, -0.15) is 13.5 Å². The van der Waals surface area contributed by atoms with Crippen LogP contribution in [0.4, 0.5) is 0 Å². The molecule has 1 amide bonds. The first-order chi connectivity index (χ1) is 21.9. The van der Waals surface area contributed by atoms with Crippen LogP contribution >= 0.6 is 0 Å². The molecule has 240 valence electrons. The van der Waals surface area contributed by atoms with Crippen LogP contribution in [0.1, 0.15) is 54.9 Å². The van der Waals surface area contributed by atoms with Gasteiger partial charge in [0.15, 0.2) is 5.82 Å². The number of H-pyrrole nitrogens is 1. The zero-order valence-electron chi connectivity index (χ0n) is 25.4. The first-order valence-corrected chi connectivity index (χ1v) is 16.5. The molecule has 46 heavy (non-hydrogen) atoms. The van der Waals surface area contributed by atoms with Gasteiger partial charge in [0, 0.05) is 48.4 Å². The highest BCUT2D eigenvalue weighted by molar-refractivity contribution is 7.85. The van der Waals surface area contributed by atoms with E-state index in [1.54, 1.807) is 11.0 Å². The number of phenolic OH excluding ortho intramolecular Hbond substituents is 2. The molecule has 1 saturated heterocycles. The molecule has 12 nitrogen and oxygen atoms in total. The number of hydrogen-bond donors (Lipinski definition) is 4. The molecule has 13 heteroatoms. The van der Waals surface area contributed by atoms with Gasteiger partial charge in [0.25, 0.3) is 16.0 Å². The van der Waals surface area contributed by atoms with Crippen LogP contribution in [0.15, 0.2) is 76.6 Å². The molecule has 1 aliphatic heterocycles. The van der Waals surface area contributed by atoms with Crippen LogP contribution in [0.2, 0.25) is 0 Å². The minimum absolute atomic E-state index is 0.00880. The van der Waals surface area contributed by atoms with Gasteiger partial charge >= 0.3 is 5.69 Å². The monoisotopic (exact) mass is 645 g/mol. The van der Waals surface area contributed by atoms with Crippen molar-refractivity contribution >= 4 is 26.9 Å². The van der Waals surface area contributed by atoms with E-state index in [9.17, 15) is 28.2 Å². The zero-order chi connectivity index (χ0) is 32.7. The standard InChI is InChI=1S/C33H35N5O7S/c1-20(2)26-18-27(30(40)19-29(26)39)31-34-35-33(42)38(31)24-5-8-28-23(17-24)12-16-36(28)13-9-21-10-14-37(15-11-21)32(41)22-3-6-25(7-4-22)46(43,44)45/h3-8,12,16-21,39-40H,9-11,13-15H2,1-2H3,(H,35,42)(H,43,44,45). The Balaban J connectivity index is 1.13. The highest BCUT2D eigenvalue weighted by Gasteiger charge is 2.25. The van der Waals surface area contributed by atoms with Crippen LogP contribution in [0.25, 0.3) is 28.0 Å². The van der Waals surface area contributed by atoms with Crippen LogP contribution in [-0.4, -0.2) is 66.4 Å². The minimum Gasteiger partial charge on any atom is -0.508 e. The Morgan fingerprint density at radius 3 is 2.39 bits per heavy atom. The molecule has 1 fully saturated rings. The van der Waals surface area contributed by atoms with Crippen LogP contribution in [-0.2, 0) is 16.7 Å². The fraction of sp³-hybridized carbons (Fsp3) is 0.303. The maximum Gasteiger partial charge on any atom is 0.348 e. The lowest BCUT2D eigenvalue weighted by atomic mass is 9.93. The number of aromatic nitrogens is 4. The normalized spacial score (nSPS) is 14.4. The average Bonchev–Trinajstić information content (AvgIpc) is 3.62. The summed E-state index contributed by atoms with van der Waals surface area (Å²) in [5, 5.41) is 28.5. The lowest BCUT2D eigenvalue weighted by Crippen LogP contribution is -2.38. The number of aromatic hydroxyl groups is 2. The third-order valence-electron chi connectivity index (χ3n) is 8.77. The Bertz CT molecular complexity index is 2090. The van der Waals surface area contributed by atoms with Gasteiger partial charge in [-0.25, -0.2) is 14.5 Å². The van der Waals surface area contributed by atoms with Crippen molar-refractivity contribution in [1.29, 1.82) is 0 Å². The number of amides is 1. The molecule has 0 aliphatic carbocycles. The first kappa shape index (κ1) is 31.1. The lowest BCUT2D eigenvalue weighted by Gasteiger charge is -2.32. The molecule has 4 N–H and O–H groups in total. The van der Waals surface area contributed by atoms with Crippen LogP contribution in [0.5, 0.6) is 11.5 Å². The van der Waals surface area contributed by atoms with Crippen molar-refractivity contribution in [1.82, 2.24) is 24.2 Å². The second-order valence-electron chi connectivity index (χ2n) is 12.0. The maximum atomic E-state index is 12.9. The second kappa shape index (κ2) is 12.1. The summed E-state index contributed by atoms with van der Waals surface area (Å²) in [6.45, 7) is 5.85. The van der Waals surface area contributed by atoms with E-state index in [0.717, 1.165) is 36.7 Å². The Morgan fingerprint density at radius 2 is 1.72 bits per heavy atom. The molecule has 5 aromatic rings. The molecule has 0 atom stereocenters. The summed E-state index contributed by atoms with van der Waals surface area (Å²) in [4.78, 5) is 27.3. The van der Waals surface area contributed by atoms with E-state index in [0.29, 0.717) is 41.4 Å². The Morgan fingerprint density at radius 1 is 1.00 bits per heavy atom. The van der Waals surface area contributed by atoms with Crippen molar-refractivity contribution in [2.45, 2.75) is 50.5 Å². The predicted octanol–water partition coefficient (Wildman–Crippen LogP) is 4.91. The number of benzene rings is 3. The molecule has 0 unspecified atom stereocenters. The Kier molecular flexibility index (Phi) is 8.21. The molecule has 0 bridgehead atoms. The molecule has 6 rings (SSSR count). The van der Waals surface area contributed by atoms with Crippen molar-refractivity contribution in [2.75, 3.05) is 13.1 Å². The fourth-order valence-electron chi connectivity index (χ4n) is 6.17. The van der Waals surface area contributed by atoms with Gasteiger partial charge < -0.3 is 19.7 Å². The number of phenols is 2. The van der Waals surface area contributed by atoms with Gasteiger partial charge in [0.2, 0.25) is 0 Å². The fourth-order valence-corrected chi connectivity index (χ4v) is 6.65. The number of nitrogens with zero attached hydrogens (tertiary/aromatic N) is 4. The number of nitrogens with one attached hydrogen (secondary N) is 1. The number of aryl methyl sites for hydroxylation is 1. The zero-order valence-corrected chi connectivity index (χ0v) is 26.2. The minimum atomic E-state index is -4.31. The van der Waals surface area contributed by atoms with Gasteiger partial charge in [-0.05, 0) is 91.3 Å². The molecule has 0 radical (unpaired) electrons.